The molecule has 2 aromatic rings. The summed E-state index contributed by atoms with van der Waals surface area (Å²) in [6.45, 7) is 5.18. The van der Waals surface area contributed by atoms with E-state index < -0.39 is 24.2 Å². The number of halogens is 3. The van der Waals surface area contributed by atoms with Gasteiger partial charge in [-0.2, -0.15) is 13.2 Å². The molecule has 134 valence electrons. The maximum atomic E-state index is 12.5. The van der Waals surface area contributed by atoms with Crippen molar-refractivity contribution >= 4 is 5.91 Å². The van der Waals surface area contributed by atoms with E-state index >= 15 is 0 Å². The highest BCUT2D eigenvalue weighted by molar-refractivity contribution is 5.82. The molecule has 0 fully saturated rings. The first-order valence-electron chi connectivity index (χ1n) is 7.70. The number of amides is 1. The normalized spacial score (nSPS) is 13.8. The molecule has 7 heteroatoms. The monoisotopic (exact) mass is 352 g/mol. The molecule has 1 aromatic carbocycles. The Kier molecular flexibility index (Phi) is 5.66. The number of carbonyl (C=O) groups excluding carboxylic acids is 1. The minimum absolute atomic E-state index is 0.407. The Morgan fingerprint density at radius 2 is 1.76 bits per heavy atom. The van der Waals surface area contributed by atoms with Gasteiger partial charge in [0.25, 0.3) is 0 Å². The number of benzene rings is 1. The number of hydrogen-bond donors (Lipinski definition) is 1. The minimum atomic E-state index is -4.95. The molecule has 0 aliphatic carbocycles. The van der Waals surface area contributed by atoms with Crippen LogP contribution in [0.5, 0.6) is 5.75 Å². The fourth-order valence-corrected chi connectivity index (χ4v) is 2.25. The summed E-state index contributed by atoms with van der Waals surface area (Å²) < 4.78 is 43.4. The summed E-state index contributed by atoms with van der Waals surface area (Å²) in [6.07, 6.45) is -4.25. The van der Waals surface area contributed by atoms with Crippen LogP contribution in [0.3, 0.4) is 0 Å². The number of nitrogens with one attached hydrogen (secondary N) is 1. The Balaban J connectivity index is 2.26. The predicted octanol–water partition coefficient (Wildman–Crippen LogP) is 3.89. The highest BCUT2D eigenvalue weighted by atomic mass is 19.4. The van der Waals surface area contributed by atoms with E-state index in [1.165, 1.54) is 13.1 Å². The van der Waals surface area contributed by atoms with Crippen LogP contribution < -0.4 is 10.1 Å². The van der Waals surface area contributed by atoms with Crippen LogP contribution in [0.1, 0.15) is 29.8 Å². The first-order valence-corrected chi connectivity index (χ1v) is 7.70. The van der Waals surface area contributed by atoms with E-state index in [9.17, 15) is 18.0 Å². The standard InChI is InChI=1S/C18H19F3N2O2/c1-11-4-7-14(8-5-11)16(13(3)23-17(24)18(19,20)21)25-15-9-6-12(2)22-10-15/h4-10,13,16H,1-3H3,(H,23,24). The molecule has 2 rings (SSSR count). The van der Waals surface area contributed by atoms with Crippen LogP contribution in [0.2, 0.25) is 0 Å². The van der Waals surface area contributed by atoms with Crippen molar-refractivity contribution in [2.24, 2.45) is 0 Å². The molecular formula is C18H19F3N2O2. The molecule has 0 radical (unpaired) electrons. The number of aromatic nitrogens is 1. The van der Waals surface area contributed by atoms with Crippen LogP contribution in [0.4, 0.5) is 13.2 Å². The number of nitrogens with zero attached hydrogens (tertiary/aromatic N) is 1. The third-order valence-electron chi connectivity index (χ3n) is 3.62. The van der Waals surface area contributed by atoms with Gasteiger partial charge in [0, 0.05) is 5.69 Å². The van der Waals surface area contributed by atoms with Gasteiger partial charge in [-0.05, 0) is 38.5 Å². The van der Waals surface area contributed by atoms with Crippen molar-refractivity contribution < 1.29 is 22.7 Å². The molecule has 0 saturated heterocycles. The Morgan fingerprint density at radius 1 is 1.12 bits per heavy atom. The van der Waals surface area contributed by atoms with Crippen molar-refractivity contribution in [1.29, 1.82) is 0 Å². The van der Waals surface area contributed by atoms with Crippen molar-refractivity contribution in [3.05, 3.63) is 59.4 Å². The third-order valence-corrected chi connectivity index (χ3v) is 3.62. The minimum Gasteiger partial charge on any atom is -0.482 e. The first kappa shape index (κ1) is 18.8. The van der Waals surface area contributed by atoms with E-state index in [1.54, 1.807) is 24.3 Å². The van der Waals surface area contributed by atoms with Gasteiger partial charge >= 0.3 is 12.1 Å². The summed E-state index contributed by atoms with van der Waals surface area (Å²) in [5, 5.41) is 1.96. The van der Waals surface area contributed by atoms with E-state index in [-0.39, 0.29) is 0 Å². The molecule has 0 aliphatic rings. The van der Waals surface area contributed by atoms with E-state index in [1.807, 2.05) is 31.3 Å². The number of carbonyl (C=O) groups is 1. The highest BCUT2D eigenvalue weighted by Crippen LogP contribution is 2.26. The second kappa shape index (κ2) is 7.55. The molecule has 4 nitrogen and oxygen atoms in total. The number of alkyl halides is 3. The average Bonchev–Trinajstić information content (AvgIpc) is 2.54. The Morgan fingerprint density at radius 3 is 2.28 bits per heavy atom. The predicted molar refractivity (Wildman–Crippen MR) is 87.2 cm³/mol. The summed E-state index contributed by atoms with van der Waals surface area (Å²) in [7, 11) is 0. The molecular weight excluding hydrogens is 333 g/mol. The van der Waals surface area contributed by atoms with Crippen molar-refractivity contribution in [3.8, 4) is 5.75 Å². The van der Waals surface area contributed by atoms with E-state index in [2.05, 4.69) is 4.98 Å². The zero-order valence-electron chi connectivity index (χ0n) is 14.1. The lowest BCUT2D eigenvalue weighted by atomic mass is 10.0. The third kappa shape index (κ3) is 5.20. The quantitative estimate of drug-likeness (QED) is 0.888. The molecule has 0 spiro atoms. The number of pyridine rings is 1. The maximum absolute atomic E-state index is 12.5. The van der Waals surface area contributed by atoms with Gasteiger partial charge in [0.1, 0.15) is 11.9 Å². The summed E-state index contributed by atoms with van der Waals surface area (Å²) in [5.74, 6) is -1.59. The number of ether oxygens (including phenoxy) is 1. The van der Waals surface area contributed by atoms with Crippen LogP contribution in [-0.4, -0.2) is 23.1 Å². The first-order chi connectivity index (χ1) is 11.7. The molecule has 1 N–H and O–H groups in total. The van der Waals surface area contributed by atoms with Crippen LogP contribution in [0.25, 0.3) is 0 Å². The van der Waals surface area contributed by atoms with E-state index in [4.69, 9.17) is 4.74 Å². The second-order valence-corrected chi connectivity index (χ2v) is 5.84. The lowest BCUT2D eigenvalue weighted by molar-refractivity contribution is -0.174. The summed E-state index contributed by atoms with van der Waals surface area (Å²) in [5.41, 5.74) is 2.45. The summed E-state index contributed by atoms with van der Waals surface area (Å²) >= 11 is 0. The molecule has 1 heterocycles. The van der Waals surface area contributed by atoms with E-state index in [0.717, 1.165) is 11.3 Å². The molecule has 25 heavy (non-hydrogen) atoms. The topological polar surface area (TPSA) is 51.2 Å². The fourth-order valence-electron chi connectivity index (χ4n) is 2.25. The number of hydrogen-bond acceptors (Lipinski definition) is 3. The zero-order valence-corrected chi connectivity index (χ0v) is 14.1. The van der Waals surface area contributed by atoms with Crippen LogP contribution in [0.15, 0.2) is 42.6 Å². The Labute approximate surface area is 144 Å². The molecule has 1 amide bonds. The lowest BCUT2D eigenvalue weighted by Crippen LogP contribution is -2.45. The average molecular weight is 352 g/mol. The second-order valence-electron chi connectivity index (χ2n) is 5.84. The van der Waals surface area contributed by atoms with E-state index in [0.29, 0.717) is 11.3 Å². The molecule has 1 aromatic heterocycles. The van der Waals surface area contributed by atoms with Gasteiger partial charge in [0.05, 0.1) is 12.2 Å². The smallest absolute Gasteiger partial charge is 0.471 e. The van der Waals surface area contributed by atoms with Crippen molar-refractivity contribution in [2.45, 2.75) is 39.1 Å². The lowest BCUT2D eigenvalue weighted by Gasteiger charge is -2.27. The zero-order chi connectivity index (χ0) is 18.6. The van der Waals surface area contributed by atoms with Gasteiger partial charge in [0.2, 0.25) is 0 Å². The molecule has 0 saturated carbocycles. The number of rotatable bonds is 5. The van der Waals surface area contributed by atoms with Gasteiger partial charge in [-0.15, -0.1) is 0 Å². The number of aryl methyl sites for hydroxylation is 2. The molecule has 0 aliphatic heterocycles. The van der Waals surface area contributed by atoms with Crippen LogP contribution in [0, 0.1) is 13.8 Å². The van der Waals surface area contributed by atoms with Gasteiger partial charge in [-0.1, -0.05) is 29.8 Å². The van der Waals surface area contributed by atoms with Gasteiger partial charge < -0.3 is 10.1 Å². The summed E-state index contributed by atoms with van der Waals surface area (Å²) in [6, 6.07) is 9.70. The molecule has 2 unspecified atom stereocenters. The fraction of sp³-hybridized carbons (Fsp3) is 0.333. The summed E-state index contributed by atoms with van der Waals surface area (Å²) in [4.78, 5) is 15.4. The van der Waals surface area contributed by atoms with Gasteiger partial charge in [-0.25, -0.2) is 0 Å². The maximum Gasteiger partial charge on any atom is 0.471 e. The SMILES string of the molecule is Cc1ccc(C(Oc2ccc(C)nc2)C(C)NC(=O)C(F)(F)F)cc1. The van der Waals surface area contributed by atoms with Crippen molar-refractivity contribution in [3.63, 3.8) is 0 Å². The van der Waals surface area contributed by atoms with Crippen LogP contribution >= 0.6 is 0 Å². The molecule has 0 bridgehead atoms. The van der Waals surface area contributed by atoms with Crippen molar-refractivity contribution in [2.75, 3.05) is 0 Å². The van der Waals surface area contributed by atoms with Crippen LogP contribution in [-0.2, 0) is 4.79 Å². The Bertz CT molecular complexity index is 713. The van der Waals surface area contributed by atoms with Gasteiger partial charge in [0.15, 0.2) is 0 Å². The van der Waals surface area contributed by atoms with Gasteiger partial charge in [-0.3, -0.25) is 9.78 Å². The molecule has 2 atom stereocenters. The van der Waals surface area contributed by atoms with Crippen molar-refractivity contribution in [1.82, 2.24) is 10.3 Å². The largest absolute Gasteiger partial charge is 0.482 e. The highest BCUT2D eigenvalue weighted by Gasteiger charge is 2.40. The Hall–Kier alpha value is -2.57.